The molecule has 0 aliphatic rings. The Morgan fingerprint density at radius 3 is 2.65 bits per heavy atom. The van der Waals surface area contributed by atoms with Crippen molar-refractivity contribution in [2.45, 2.75) is 0 Å². The third kappa shape index (κ3) is 2.59. The molecule has 4 rings (SSSR count). The van der Waals surface area contributed by atoms with Crippen LogP contribution in [-0.4, -0.2) is 25.3 Å². The first-order valence-corrected chi connectivity index (χ1v) is 6.86. The van der Waals surface area contributed by atoms with E-state index in [1.165, 1.54) is 12.1 Å². The fourth-order valence-electron chi connectivity index (χ4n) is 2.13. The molecule has 0 atom stereocenters. The van der Waals surface area contributed by atoms with Gasteiger partial charge in [-0.2, -0.15) is 10.1 Å². The van der Waals surface area contributed by atoms with Crippen LogP contribution < -0.4 is 0 Å². The van der Waals surface area contributed by atoms with Crippen LogP contribution >= 0.6 is 0 Å². The molecular formula is C16H10FN5O. The molecule has 0 unspecified atom stereocenters. The van der Waals surface area contributed by atoms with E-state index in [0.717, 1.165) is 5.56 Å². The van der Waals surface area contributed by atoms with Gasteiger partial charge in [-0.1, -0.05) is 11.2 Å². The second-order valence-corrected chi connectivity index (χ2v) is 4.81. The van der Waals surface area contributed by atoms with Crippen molar-refractivity contribution < 1.29 is 8.91 Å². The molecule has 7 heteroatoms. The normalized spacial score (nSPS) is 10.8. The van der Waals surface area contributed by atoms with Crippen LogP contribution in [0.2, 0.25) is 0 Å². The molecule has 0 amide bonds. The lowest BCUT2D eigenvalue weighted by molar-refractivity contribution is 0.430. The van der Waals surface area contributed by atoms with Gasteiger partial charge in [-0.3, -0.25) is 10.1 Å². The lowest BCUT2D eigenvalue weighted by Crippen LogP contribution is -1.84. The Balaban J connectivity index is 1.65. The fourth-order valence-corrected chi connectivity index (χ4v) is 2.13. The molecule has 0 aliphatic carbocycles. The summed E-state index contributed by atoms with van der Waals surface area (Å²) in [6.07, 6.45) is 1.66. The highest BCUT2D eigenvalue weighted by atomic mass is 19.1. The molecule has 0 aliphatic heterocycles. The topological polar surface area (TPSA) is 80.5 Å². The maximum absolute atomic E-state index is 13.0. The minimum atomic E-state index is -0.290. The maximum Gasteiger partial charge on any atom is 0.276 e. The number of pyridine rings is 1. The van der Waals surface area contributed by atoms with E-state index in [-0.39, 0.29) is 5.82 Å². The van der Waals surface area contributed by atoms with Gasteiger partial charge in [0, 0.05) is 11.8 Å². The van der Waals surface area contributed by atoms with Crippen molar-refractivity contribution in [3.05, 3.63) is 60.5 Å². The molecule has 0 saturated carbocycles. The summed E-state index contributed by atoms with van der Waals surface area (Å²) in [5.41, 5.74) is 2.66. The molecule has 4 aromatic rings. The summed E-state index contributed by atoms with van der Waals surface area (Å²) in [5.74, 6) is 0.423. The minimum absolute atomic E-state index is 0.290. The Kier molecular flexibility index (Phi) is 3.16. The van der Waals surface area contributed by atoms with Crippen LogP contribution in [0.4, 0.5) is 4.39 Å². The lowest BCUT2D eigenvalue weighted by Gasteiger charge is -1.94. The smallest absolute Gasteiger partial charge is 0.276 e. The standard InChI is InChI=1S/C16H10FN5O/c17-11-6-4-10(5-7-11)13-9-14(21-20-13)16-19-15(22-23-16)12-3-1-2-8-18-12/h1-9H,(H,20,21). The number of benzene rings is 1. The molecule has 0 radical (unpaired) electrons. The van der Waals surface area contributed by atoms with Crippen molar-refractivity contribution in [3.8, 4) is 34.4 Å². The predicted octanol–water partition coefficient (Wildman–Crippen LogP) is 3.33. The summed E-state index contributed by atoms with van der Waals surface area (Å²) >= 11 is 0. The Hall–Kier alpha value is -3.35. The Morgan fingerprint density at radius 2 is 1.87 bits per heavy atom. The summed E-state index contributed by atoms with van der Waals surface area (Å²) in [6, 6.07) is 13.3. The van der Waals surface area contributed by atoms with Crippen LogP contribution in [0, 0.1) is 5.82 Å². The molecule has 112 valence electrons. The third-order valence-electron chi connectivity index (χ3n) is 3.27. The van der Waals surface area contributed by atoms with Gasteiger partial charge in [0.2, 0.25) is 5.82 Å². The molecule has 0 fully saturated rings. The van der Waals surface area contributed by atoms with Gasteiger partial charge >= 0.3 is 0 Å². The Labute approximate surface area is 130 Å². The number of nitrogens with one attached hydrogen (secondary N) is 1. The van der Waals surface area contributed by atoms with Crippen LogP contribution in [0.3, 0.4) is 0 Å². The van der Waals surface area contributed by atoms with Gasteiger partial charge in [0.25, 0.3) is 5.89 Å². The Morgan fingerprint density at radius 1 is 1.00 bits per heavy atom. The molecule has 3 heterocycles. The predicted molar refractivity (Wildman–Crippen MR) is 80.5 cm³/mol. The maximum atomic E-state index is 13.0. The van der Waals surface area contributed by atoms with Gasteiger partial charge < -0.3 is 4.52 Å². The van der Waals surface area contributed by atoms with Crippen molar-refractivity contribution in [2.75, 3.05) is 0 Å². The number of aromatic amines is 1. The van der Waals surface area contributed by atoms with E-state index in [9.17, 15) is 4.39 Å². The summed E-state index contributed by atoms with van der Waals surface area (Å²) in [7, 11) is 0. The summed E-state index contributed by atoms with van der Waals surface area (Å²) in [5, 5.41) is 10.9. The molecule has 6 nitrogen and oxygen atoms in total. The second kappa shape index (κ2) is 5.45. The van der Waals surface area contributed by atoms with Crippen molar-refractivity contribution in [1.29, 1.82) is 0 Å². The highest BCUT2D eigenvalue weighted by Gasteiger charge is 2.14. The first-order chi connectivity index (χ1) is 11.3. The zero-order chi connectivity index (χ0) is 15.6. The summed E-state index contributed by atoms with van der Waals surface area (Å²) in [4.78, 5) is 8.47. The molecule has 23 heavy (non-hydrogen) atoms. The first-order valence-electron chi connectivity index (χ1n) is 6.86. The van der Waals surface area contributed by atoms with E-state index in [1.54, 1.807) is 30.5 Å². The first kappa shape index (κ1) is 13.3. The molecule has 0 saturated heterocycles. The minimum Gasteiger partial charge on any atom is -0.332 e. The van der Waals surface area contributed by atoms with Crippen molar-refractivity contribution >= 4 is 0 Å². The SMILES string of the molecule is Fc1ccc(-c2cc(-c3nc(-c4ccccn4)no3)[nH]n2)cc1. The quantitative estimate of drug-likeness (QED) is 0.628. The van der Waals surface area contributed by atoms with Crippen molar-refractivity contribution in [1.82, 2.24) is 25.3 Å². The zero-order valence-corrected chi connectivity index (χ0v) is 11.8. The number of hydrogen-bond acceptors (Lipinski definition) is 5. The summed E-state index contributed by atoms with van der Waals surface area (Å²) in [6.45, 7) is 0. The molecule has 0 bridgehead atoms. The van der Waals surface area contributed by atoms with Crippen LogP contribution in [0.1, 0.15) is 0 Å². The number of halogens is 1. The van der Waals surface area contributed by atoms with E-state index < -0.39 is 0 Å². The number of nitrogens with zero attached hydrogens (tertiary/aromatic N) is 4. The van der Waals surface area contributed by atoms with Crippen molar-refractivity contribution in [2.24, 2.45) is 0 Å². The van der Waals surface area contributed by atoms with E-state index in [4.69, 9.17) is 4.52 Å². The van der Waals surface area contributed by atoms with Crippen LogP contribution in [-0.2, 0) is 0 Å². The van der Waals surface area contributed by atoms with E-state index in [2.05, 4.69) is 25.3 Å². The van der Waals surface area contributed by atoms with Gasteiger partial charge in [-0.05, 0) is 42.5 Å². The lowest BCUT2D eigenvalue weighted by atomic mass is 10.1. The van der Waals surface area contributed by atoms with Gasteiger partial charge in [-0.15, -0.1) is 0 Å². The average molecular weight is 307 g/mol. The van der Waals surface area contributed by atoms with E-state index in [1.807, 2.05) is 12.1 Å². The fraction of sp³-hybridized carbons (Fsp3) is 0. The van der Waals surface area contributed by atoms with Crippen LogP contribution in [0.15, 0.2) is 59.3 Å². The molecule has 1 N–H and O–H groups in total. The van der Waals surface area contributed by atoms with Gasteiger partial charge in [0.1, 0.15) is 17.2 Å². The molecular weight excluding hydrogens is 297 g/mol. The number of H-pyrrole nitrogens is 1. The molecule has 3 aromatic heterocycles. The van der Waals surface area contributed by atoms with Gasteiger partial charge in [0.15, 0.2) is 0 Å². The Bertz CT molecular complexity index is 931. The number of aromatic nitrogens is 5. The summed E-state index contributed by atoms with van der Waals surface area (Å²) < 4.78 is 18.2. The molecule has 0 spiro atoms. The van der Waals surface area contributed by atoms with Gasteiger partial charge in [-0.25, -0.2) is 4.39 Å². The van der Waals surface area contributed by atoms with Gasteiger partial charge in [0.05, 0.1) is 5.69 Å². The van der Waals surface area contributed by atoms with E-state index >= 15 is 0 Å². The highest BCUT2D eigenvalue weighted by Crippen LogP contribution is 2.24. The third-order valence-corrected chi connectivity index (χ3v) is 3.27. The average Bonchev–Trinajstić information content (AvgIpc) is 3.26. The largest absolute Gasteiger partial charge is 0.332 e. The van der Waals surface area contributed by atoms with Crippen LogP contribution in [0.25, 0.3) is 34.4 Å². The molecule has 1 aromatic carbocycles. The monoisotopic (exact) mass is 307 g/mol. The second-order valence-electron chi connectivity index (χ2n) is 4.81. The zero-order valence-electron chi connectivity index (χ0n) is 11.8. The number of hydrogen-bond donors (Lipinski definition) is 1. The van der Waals surface area contributed by atoms with Crippen LogP contribution in [0.5, 0.6) is 0 Å². The number of rotatable bonds is 3. The van der Waals surface area contributed by atoms with E-state index in [0.29, 0.717) is 28.8 Å². The van der Waals surface area contributed by atoms with Crippen molar-refractivity contribution in [3.63, 3.8) is 0 Å². The highest BCUT2D eigenvalue weighted by molar-refractivity contribution is 5.65.